The van der Waals surface area contributed by atoms with Crippen molar-refractivity contribution in [2.24, 2.45) is 0 Å². The van der Waals surface area contributed by atoms with E-state index in [1.165, 1.54) is 0 Å². The maximum Gasteiger partial charge on any atom is 0.164 e. The van der Waals surface area contributed by atoms with Gasteiger partial charge in [0, 0.05) is 16.7 Å². The first-order chi connectivity index (χ1) is 14.3. The molecule has 1 aromatic heterocycles. The lowest BCUT2D eigenvalue weighted by atomic mass is 10.1. The number of hydrogen-bond acceptors (Lipinski definition) is 4. The molecule has 0 radical (unpaired) electrons. The standard InChI is InChI=1S/C25H23N3O/c1-2-3-18-29-22-16-14-21(15-17-22)25-27-23(19-10-6-4-7-11-19)26-24(28-25)20-12-8-5-9-13-20/h4-17H,2-3,18H2,1H3. The van der Waals surface area contributed by atoms with Crippen LogP contribution in [0.2, 0.25) is 0 Å². The first-order valence-electron chi connectivity index (χ1n) is 9.93. The van der Waals surface area contributed by atoms with E-state index in [4.69, 9.17) is 19.7 Å². The minimum atomic E-state index is 0.651. The fraction of sp³-hybridized carbons (Fsp3) is 0.160. The highest BCUT2D eigenvalue weighted by Crippen LogP contribution is 2.25. The molecule has 4 heteroatoms. The van der Waals surface area contributed by atoms with Crippen LogP contribution in [-0.4, -0.2) is 21.6 Å². The molecule has 4 aromatic rings. The lowest BCUT2D eigenvalue weighted by Crippen LogP contribution is -2.00. The van der Waals surface area contributed by atoms with Gasteiger partial charge in [-0.15, -0.1) is 0 Å². The van der Waals surface area contributed by atoms with Gasteiger partial charge in [-0.05, 0) is 30.7 Å². The second-order valence-corrected chi connectivity index (χ2v) is 6.76. The number of unbranched alkanes of at least 4 members (excludes halogenated alkanes) is 1. The number of rotatable bonds is 7. The van der Waals surface area contributed by atoms with Gasteiger partial charge in [0.2, 0.25) is 0 Å². The van der Waals surface area contributed by atoms with Crippen molar-refractivity contribution in [1.82, 2.24) is 15.0 Å². The molecule has 3 aromatic carbocycles. The highest BCUT2D eigenvalue weighted by atomic mass is 16.5. The predicted molar refractivity (Wildman–Crippen MR) is 117 cm³/mol. The van der Waals surface area contributed by atoms with E-state index in [0.717, 1.165) is 41.9 Å². The molecule has 29 heavy (non-hydrogen) atoms. The van der Waals surface area contributed by atoms with Gasteiger partial charge < -0.3 is 4.74 Å². The number of ether oxygens (including phenoxy) is 1. The maximum atomic E-state index is 5.77. The van der Waals surface area contributed by atoms with E-state index in [0.29, 0.717) is 17.5 Å². The molecule has 4 nitrogen and oxygen atoms in total. The Bertz CT molecular complexity index is 991. The van der Waals surface area contributed by atoms with Crippen LogP contribution in [0.25, 0.3) is 34.2 Å². The van der Waals surface area contributed by atoms with Crippen molar-refractivity contribution in [2.45, 2.75) is 19.8 Å². The van der Waals surface area contributed by atoms with Gasteiger partial charge in [0.25, 0.3) is 0 Å². The number of nitrogens with zero attached hydrogens (tertiary/aromatic N) is 3. The molecule has 0 bridgehead atoms. The van der Waals surface area contributed by atoms with Crippen LogP contribution >= 0.6 is 0 Å². The second kappa shape index (κ2) is 9.11. The van der Waals surface area contributed by atoms with Gasteiger partial charge in [-0.1, -0.05) is 74.0 Å². The van der Waals surface area contributed by atoms with Crippen molar-refractivity contribution in [3.05, 3.63) is 84.9 Å². The van der Waals surface area contributed by atoms with E-state index >= 15 is 0 Å². The molecule has 0 aliphatic rings. The average Bonchev–Trinajstić information content (AvgIpc) is 2.80. The number of aromatic nitrogens is 3. The molecule has 0 spiro atoms. The Labute approximate surface area is 171 Å². The fourth-order valence-electron chi connectivity index (χ4n) is 2.97. The summed E-state index contributed by atoms with van der Waals surface area (Å²) in [7, 11) is 0. The summed E-state index contributed by atoms with van der Waals surface area (Å²) in [6.07, 6.45) is 2.17. The summed E-state index contributed by atoms with van der Waals surface area (Å²) in [4.78, 5) is 14.2. The molecule has 0 unspecified atom stereocenters. The zero-order valence-electron chi connectivity index (χ0n) is 16.5. The maximum absolute atomic E-state index is 5.77. The summed E-state index contributed by atoms with van der Waals surface area (Å²) in [6, 6.07) is 27.9. The van der Waals surface area contributed by atoms with Gasteiger partial charge in [0.05, 0.1) is 6.61 Å². The van der Waals surface area contributed by atoms with Crippen LogP contribution in [-0.2, 0) is 0 Å². The predicted octanol–water partition coefficient (Wildman–Crippen LogP) is 6.05. The minimum absolute atomic E-state index is 0.651. The molecule has 0 aliphatic carbocycles. The summed E-state index contributed by atoms with van der Waals surface area (Å²) in [6.45, 7) is 2.89. The topological polar surface area (TPSA) is 47.9 Å². The van der Waals surface area contributed by atoms with Gasteiger partial charge in [-0.2, -0.15) is 0 Å². The summed E-state index contributed by atoms with van der Waals surface area (Å²) >= 11 is 0. The highest BCUT2D eigenvalue weighted by molar-refractivity contribution is 5.66. The first-order valence-corrected chi connectivity index (χ1v) is 9.93. The monoisotopic (exact) mass is 381 g/mol. The quantitative estimate of drug-likeness (QED) is 0.366. The largest absolute Gasteiger partial charge is 0.494 e. The summed E-state index contributed by atoms with van der Waals surface area (Å²) < 4.78 is 5.77. The van der Waals surface area contributed by atoms with E-state index in [2.05, 4.69) is 6.92 Å². The van der Waals surface area contributed by atoms with Crippen LogP contribution < -0.4 is 4.74 Å². The third kappa shape index (κ3) is 4.66. The zero-order chi connectivity index (χ0) is 19.9. The Morgan fingerprint density at radius 2 is 1.03 bits per heavy atom. The molecule has 0 N–H and O–H groups in total. The van der Waals surface area contributed by atoms with Gasteiger partial charge in [-0.25, -0.2) is 15.0 Å². The Morgan fingerprint density at radius 1 is 0.586 bits per heavy atom. The molecule has 0 aliphatic heterocycles. The molecule has 0 atom stereocenters. The molecular formula is C25H23N3O. The van der Waals surface area contributed by atoms with Crippen LogP contribution in [0.5, 0.6) is 5.75 Å². The third-order valence-electron chi connectivity index (χ3n) is 4.58. The van der Waals surface area contributed by atoms with E-state index in [1.54, 1.807) is 0 Å². The van der Waals surface area contributed by atoms with Crippen LogP contribution in [0.1, 0.15) is 19.8 Å². The van der Waals surface area contributed by atoms with Gasteiger partial charge in [0.15, 0.2) is 17.5 Å². The Kier molecular flexibility index (Phi) is 5.91. The summed E-state index contributed by atoms with van der Waals surface area (Å²) in [5.74, 6) is 2.84. The smallest absolute Gasteiger partial charge is 0.164 e. The van der Waals surface area contributed by atoms with Crippen LogP contribution in [0.15, 0.2) is 84.9 Å². The van der Waals surface area contributed by atoms with E-state index < -0.39 is 0 Å². The molecule has 0 saturated carbocycles. The lowest BCUT2D eigenvalue weighted by Gasteiger charge is -2.09. The molecule has 4 rings (SSSR count). The molecule has 0 saturated heterocycles. The third-order valence-corrected chi connectivity index (χ3v) is 4.58. The average molecular weight is 381 g/mol. The Hall–Kier alpha value is -3.53. The molecule has 0 amide bonds. The van der Waals surface area contributed by atoms with Crippen LogP contribution in [0.3, 0.4) is 0 Å². The van der Waals surface area contributed by atoms with E-state index in [-0.39, 0.29) is 0 Å². The van der Waals surface area contributed by atoms with Crippen molar-refractivity contribution in [1.29, 1.82) is 0 Å². The van der Waals surface area contributed by atoms with Crippen molar-refractivity contribution in [2.75, 3.05) is 6.61 Å². The molecule has 0 fully saturated rings. The SMILES string of the molecule is CCCCOc1ccc(-c2nc(-c3ccccc3)nc(-c3ccccc3)n2)cc1. The Morgan fingerprint density at radius 3 is 1.48 bits per heavy atom. The fourth-order valence-corrected chi connectivity index (χ4v) is 2.97. The minimum Gasteiger partial charge on any atom is -0.494 e. The van der Waals surface area contributed by atoms with E-state index in [1.807, 2.05) is 84.9 Å². The molecular weight excluding hydrogens is 358 g/mol. The molecule has 144 valence electrons. The van der Waals surface area contributed by atoms with Gasteiger partial charge in [-0.3, -0.25) is 0 Å². The number of benzene rings is 3. The van der Waals surface area contributed by atoms with Gasteiger partial charge in [0.1, 0.15) is 5.75 Å². The summed E-state index contributed by atoms with van der Waals surface area (Å²) in [5.41, 5.74) is 2.87. The van der Waals surface area contributed by atoms with E-state index in [9.17, 15) is 0 Å². The lowest BCUT2D eigenvalue weighted by molar-refractivity contribution is 0.309. The zero-order valence-corrected chi connectivity index (χ0v) is 16.5. The highest BCUT2D eigenvalue weighted by Gasteiger charge is 2.12. The van der Waals surface area contributed by atoms with Crippen molar-refractivity contribution in [3.8, 4) is 39.9 Å². The van der Waals surface area contributed by atoms with Crippen LogP contribution in [0, 0.1) is 0 Å². The van der Waals surface area contributed by atoms with Crippen molar-refractivity contribution >= 4 is 0 Å². The van der Waals surface area contributed by atoms with Crippen LogP contribution in [0.4, 0.5) is 0 Å². The van der Waals surface area contributed by atoms with Crippen molar-refractivity contribution < 1.29 is 4.74 Å². The van der Waals surface area contributed by atoms with Gasteiger partial charge >= 0.3 is 0 Å². The molecule has 1 heterocycles. The normalized spacial score (nSPS) is 10.7. The van der Waals surface area contributed by atoms with Crippen molar-refractivity contribution in [3.63, 3.8) is 0 Å². The summed E-state index contributed by atoms with van der Waals surface area (Å²) in [5, 5.41) is 0. The Balaban J connectivity index is 1.72. The number of hydrogen-bond donors (Lipinski definition) is 0. The second-order valence-electron chi connectivity index (χ2n) is 6.76. The first kappa shape index (κ1) is 18.8.